The largest absolute Gasteiger partial charge is 0.444 e. The lowest BCUT2D eigenvalue weighted by atomic mass is 10.2. The van der Waals surface area contributed by atoms with Gasteiger partial charge in [-0.2, -0.15) is 4.99 Å². The molecular formula is C14H23N3O5S2. The number of carbonyl (C=O) groups excluding carboxylic acids is 2. The van der Waals surface area contributed by atoms with Crippen LogP contribution in [0.3, 0.4) is 0 Å². The Morgan fingerprint density at radius 1 is 1.38 bits per heavy atom. The quantitative estimate of drug-likeness (QED) is 0.769. The number of rotatable bonds is 3. The minimum Gasteiger partial charge on any atom is -0.444 e. The Morgan fingerprint density at radius 2 is 2.04 bits per heavy atom. The molecule has 2 saturated heterocycles. The first-order valence-electron chi connectivity index (χ1n) is 7.73. The number of nitrogens with zero attached hydrogens (tertiary/aromatic N) is 2. The first-order valence-corrected chi connectivity index (χ1v) is 10.4. The molecule has 2 heterocycles. The zero-order chi connectivity index (χ0) is 18.1. The fourth-order valence-corrected chi connectivity index (χ4v) is 6.65. The molecule has 2 aliphatic heterocycles. The monoisotopic (exact) mass is 377 g/mol. The Labute approximate surface area is 146 Å². The molecule has 2 rings (SSSR count). The lowest BCUT2D eigenvalue weighted by molar-refractivity contribution is -0.117. The number of hydrogen-bond donors (Lipinski definition) is 1. The van der Waals surface area contributed by atoms with Crippen LogP contribution in [0.5, 0.6) is 0 Å². The molecule has 0 aromatic heterocycles. The fraction of sp³-hybridized carbons (Fsp3) is 0.786. The molecule has 2 fully saturated rings. The summed E-state index contributed by atoms with van der Waals surface area (Å²) in [5.74, 6) is -0.283. The summed E-state index contributed by atoms with van der Waals surface area (Å²) in [6.07, 6.45) is -0.676. The lowest BCUT2D eigenvalue weighted by Gasteiger charge is -2.22. The fourth-order valence-electron chi connectivity index (χ4n) is 2.61. The first-order chi connectivity index (χ1) is 11.0. The highest BCUT2D eigenvalue weighted by molar-refractivity contribution is 8.15. The van der Waals surface area contributed by atoms with Gasteiger partial charge in [0.05, 0.1) is 17.5 Å². The van der Waals surface area contributed by atoms with E-state index in [2.05, 4.69) is 10.3 Å². The molecule has 24 heavy (non-hydrogen) atoms. The molecule has 0 unspecified atom stereocenters. The molecule has 1 N–H and O–H groups in total. The molecule has 0 aromatic rings. The third-order valence-electron chi connectivity index (χ3n) is 3.52. The van der Waals surface area contributed by atoms with Crippen LogP contribution in [0.4, 0.5) is 4.79 Å². The Balaban J connectivity index is 1.94. The van der Waals surface area contributed by atoms with Gasteiger partial charge in [0.25, 0.3) is 5.91 Å². The highest BCUT2D eigenvalue weighted by atomic mass is 32.2. The van der Waals surface area contributed by atoms with Gasteiger partial charge in [0.2, 0.25) is 0 Å². The molecule has 2 amide bonds. The van der Waals surface area contributed by atoms with E-state index in [-0.39, 0.29) is 29.3 Å². The normalized spacial score (nSPS) is 27.2. The smallest absolute Gasteiger partial charge is 0.408 e. The van der Waals surface area contributed by atoms with Gasteiger partial charge in [0.1, 0.15) is 12.1 Å². The molecule has 0 bridgehead atoms. The van der Waals surface area contributed by atoms with E-state index in [4.69, 9.17) is 4.74 Å². The van der Waals surface area contributed by atoms with Crippen LogP contribution >= 0.6 is 11.8 Å². The Kier molecular flexibility index (Phi) is 5.48. The van der Waals surface area contributed by atoms with Crippen LogP contribution in [0.15, 0.2) is 4.99 Å². The van der Waals surface area contributed by atoms with Crippen LogP contribution < -0.4 is 5.32 Å². The Bertz CT molecular complexity index is 654. The second-order valence-corrected chi connectivity index (χ2v) is 10.1. The Hall–Kier alpha value is -1.29. The van der Waals surface area contributed by atoms with Gasteiger partial charge >= 0.3 is 6.09 Å². The van der Waals surface area contributed by atoms with Gasteiger partial charge in [-0.3, -0.25) is 4.79 Å². The standard InChI is InChI=1S/C14H23N3O5S2/c1-5-17-9-7-24(20,21)8-10(9)23-12(17)16-11(18)6-15-13(19)22-14(2,3)4/h9-10H,5-8H2,1-4H3,(H,15,19)/t9-,10-/m1/s1. The second-order valence-electron chi connectivity index (χ2n) is 6.73. The van der Waals surface area contributed by atoms with E-state index in [1.807, 2.05) is 11.8 Å². The van der Waals surface area contributed by atoms with Crippen molar-refractivity contribution in [3.63, 3.8) is 0 Å². The molecule has 0 saturated carbocycles. The van der Waals surface area contributed by atoms with Gasteiger partial charge in [-0.05, 0) is 27.7 Å². The number of ether oxygens (including phenoxy) is 1. The zero-order valence-electron chi connectivity index (χ0n) is 14.2. The van der Waals surface area contributed by atoms with E-state index in [1.54, 1.807) is 20.8 Å². The molecule has 136 valence electrons. The number of fused-ring (bicyclic) bond motifs is 1. The van der Waals surface area contributed by atoms with E-state index in [0.29, 0.717) is 11.7 Å². The van der Waals surface area contributed by atoms with Gasteiger partial charge < -0.3 is 15.0 Å². The van der Waals surface area contributed by atoms with Crippen molar-refractivity contribution >= 4 is 38.8 Å². The maximum atomic E-state index is 12.0. The van der Waals surface area contributed by atoms with Crippen molar-refractivity contribution in [1.29, 1.82) is 0 Å². The number of alkyl carbamates (subject to hydrolysis) is 1. The van der Waals surface area contributed by atoms with Crippen LogP contribution in [-0.4, -0.2) is 72.0 Å². The molecular weight excluding hydrogens is 354 g/mol. The third-order valence-corrected chi connectivity index (χ3v) is 6.77. The van der Waals surface area contributed by atoms with Crippen molar-refractivity contribution in [3.05, 3.63) is 0 Å². The molecule has 10 heteroatoms. The van der Waals surface area contributed by atoms with E-state index in [9.17, 15) is 18.0 Å². The average Bonchev–Trinajstić information content (AvgIpc) is 2.85. The van der Waals surface area contributed by atoms with E-state index < -0.39 is 27.4 Å². The summed E-state index contributed by atoms with van der Waals surface area (Å²) in [7, 11) is -3.02. The summed E-state index contributed by atoms with van der Waals surface area (Å²) < 4.78 is 28.5. The number of sulfone groups is 1. The summed E-state index contributed by atoms with van der Waals surface area (Å²) in [5.41, 5.74) is -0.637. The van der Waals surface area contributed by atoms with Crippen molar-refractivity contribution in [3.8, 4) is 0 Å². The van der Waals surface area contributed by atoms with E-state index in [0.717, 1.165) is 0 Å². The predicted octanol–water partition coefficient (Wildman–Crippen LogP) is 0.628. The van der Waals surface area contributed by atoms with E-state index in [1.165, 1.54) is 11.8 Å². The second kappa shape index (κ2) is 6.91. The minimum atomic E-state index is -3.02. The van der Waals surface area contributed by atoms with Crippen LogP contribution in [0.25, 0.3) is 0 Å². The molecule has 2 aliphatic rings. The molecule has 0 aliphatic carbocycles. The van der Waals surface area contributed by atoms with Crippen LogP contribution in [0.2, 0.25) is 0 Å². The number of nitrogens with one attached hydrogen (secondary N) is 1. The van der Waals surface area contributed by atoms with E-state index >= 15 is 0 Å². The van der Waals surface area contributed by atoms with Crippen LogP contribution in [-0.2, 0) is 19.4 Å². The van der Waals surface area contributed by atoms with Crippen molar-refractivity contribution in [2.45, 2.75) is 44.6 Å². The summed E-state index contributed by atoms with van der Waals surface area (Å²) in [4.78, 5) is 29.4. The molecule has 0 aromatic carbocycles. The first kappa shape index (κ1) is 19.0. The topological polar surface area (TPSA) is 105 Å². The molecule has 8 nitrogen and oxygen atoms in total. The molecule has 2 atom stereocenters. The minimum absolute atomic E-state index is 0.0830. The average molecular weight is 377 g/mol. The third kappa shape index (κ3) is 4.85. The predicted molar refractivity (Wildman–Crippen MR) is 92.9 cm³/mol. The van der Waals surface area contributed by atoms with Crippen LogP contribution in [0.1, 0.15) is 27.7 Å². The molecule has 0 spiro atoms. The maximum absolute atomic E-state index is 12.0. The summed E-state index contributed by atoms with van der Waals surface area (Å²) in [5, 5.41) is 2.81. The number of carbonyl (C=O) groups is 2. The van der Waals surface area contributed by atoms with Gasteiger partial charge in [-0.25, -0.2) is 13.2 Å². The van der Waals surface area contributed by atoms with Crippen molar-refractivity contribution in [2.75, 3.05) is 24.6 Å². The van der Waals surface area contributed by atoms with Crippen molar-refractivity contribution < 1.29 is 22.7 Å². The van der Waals surface area contributed by atoms with Gasteiger partial charge in [-0.15, -0.1) is 0 Å². The molecule has 0 radical (unpaired) electrons. The number of thioether (sulfide) groups is 1. The maximum Gasteiger partial charge on any atom is 0.408 e. The lowest BCUT2D eigenvalue weighted by Crippen LogP contribution is -2.38. The number of aliphatic imine (C=N–C) groups is 1. The van der Waals surface area contributed by atoms with Gasteiger partial charge in [0, 0.05) is 11.8 Å². The summed E-state index contributed by atoms with van der Waals surface area (Å²) in [6, 6.07) is -0.129. The summed E-state index contributed by atoms with van der Waals surface area (Å²) in [6.45, 7) is 7.41. The van der Waals surface area contributed by atoms with Gasteiger partial charge in [-0.1, -0.05) is 11.8 Å². The number of hydrogen-bond acceptors (Lipinski definition) is 6. The number of amides is 2. The van der Waals surface area contributed by atoms with Crippen LogP contribution in [0, 0.1) is 0 Å². The highest BCUT2D eigenvalue weighted by Crippen LogP contribution is 2.37. The zero-order valence-corrected chi connectivity index (χ0v) is 15.9. The number of amidine groups is 1. The van der Waals surface area contributed by atoms with Gasteiger partial charge in [0.15, 0.2) is 15.0 Å². The van der Waals surface area contributed by atoms with Crippen molar-refractivity contribution in [2.24, 2.45) is 4.99 Å². The van der Waals surface area contributed by atoms with Crippen molar-refractivity contribution in [1.82, 2.24) is 10.2 Å². The summed E-state index contributed by atoms with van der Waals surface area (Å²) >= 11 is 1.32. The highest BCUT2D eigenvalue weighted by Gasteiger charge is 2.48. The Morgan fingerprint density at radius 3 is 2.62 bits per heavy atom. The SMILES string of the molecule is CCN1C(=NC(=O)CNC(=O)OC(C)(C)C)S[C@@H]2CS(=O)(=O)C[C@H]21.